The molecule has 5 heteroatoms. The van der Waals surface area contributed by atoms with Crippen molar-refractivity contribution >= 4 is 8.80 Å². The Morgan fingerprint density at radius 3 is 2.50 bits per heavy atom. The number of rotatable bonds is 2. The number of hydrogen-bond donors (Lipinski definition) is 0. The van der Waals surface area contributed by atoms with E-state index in [1.807, 2.05) is 0 Å². The second kappa shape index (κ2) is 5.82. The number of likely N-dealkylation sites (N-methyl/N-ethyl adjacent to an activating group) is 1. The van der Waals surface area contributed by atoms with E-state index in [9.17, 15) is 0 Å². The van der Waals surface area contributed by atoms with Crippen LogP contribution >= 0.6 is 0 Å². The third-order valence-corrected chi connectivity index (χ3v) is 5.54. The van der Waals surface area contributed by atoms with E-state index in [2.05, 4.69) is 11.9 Å². The summed E-state index contributed by atoms with van der Waals surface area (Å²) in [5.74, 6) is 0. The zero-order valence-corrected chi connectivity index (χ0v) is 10.4. The fourth-order valence-electron chi connectivity index (χ4n) is 1.67. The quantitative estimate of drug-likeness (QED) is 0.647. The lowest BCUT2D eigenvalue weighted by molar-refractivity contribution is 0.0925. The predicted molar refractivity (Wildman–Crippen MR) is 57.3 cm³/mol. The van der Waals surface area contributed by atoms with E-state index >= 15 is 0 Å². The first-order valence-corrected chi connectivity index (χ1v) is 7.08. The smallest absolute Gasteiger partial charge is 0.377 e. The lowest BCUT2D eigenvalue weighted by Gasteiger charge is -2.25. The molecule has 0 aromatic rings. The van der Waals surface area contributed by atoms with E-state index in [4.69, 9.17) is 13.3 Å². The van der Waals surface area contributed by atoms with Gasteiger partial charge in [0.05, 0.1) is 6.61 Å². The van der Waals surface area contributed by atoms with Gasteiger partial charge in [-0.1, -0.05) is 0 Å². The molecular weight excluding hydrogens is 198 g/mol. The summed E-state index contributed by atoms with van der Waals surface area (Å²) in [6, 6.07) is 0.938. The Balaban J connectivity index is 2.51. The van der Waals surface area contributed by atoms with Crippen LogP contribution in [0.3, 0.4) is 0 Å². The molecule has 0 spiro atoms. The fourth-order valence-corrected chi connectivity index (χ4v) is 3.71. The van der Waals surface area contributed by atoms with Crippen molar-refractivity contribution < 1.29 is 13.3 Å². The predicted octanol–water partition coefficient (Wildman–Crippen LogP) is 0.960. The highest BCUT2D eigenvalue weighted by Gasteiger charge is 2.38. The lowest BCUT2D eigenvalue weighted by Crippen LogP contribution is -2.44. The van der Waals surface area contributed by atoms with Gasteiger partial charge in [0.15, 0.2) is 0 Å². The van der Waals surface area contributed by atoms with Gasteiger partial charge >= 0.3 is 8.80 Å². The van der Waals surface area contributed by atoms with Crippen molar-refractivity contribution in [3.05, 3.63) is 0 Å². The van der Waals surface area contributed by atoms with Crippen LogP contribution < -0.4 is 0 Å². The molecule has 0 amide bonds. The number of nitrogens with zero attached hydrogens (tertiary/aromatic N) is 1. The van der Waals surface area contributed by atoms with Gasteiger partial charge in [-0.25, -0.2) is 0 Å². The minimum atomic E-state index is -2.30. The van der Waals surface area contributed by atoms with Crippen LogP contribution in [0.5, 0.6) is 0 Å². The first-order chi connectivity index (χ1) is 6.72. The molecule has 1 aliphatic heterocycles. The molecule has 1 rings (SSSR count). The van der Waals surface area contributed by atoms with Gasteiger partial charge in [0.2, 0.25) is 0 Å². The summed E-state index contributed by atoms with van der Waals surface area (Å²) in [5, 5.41) is 0. The molecule has 0 atom stereocenters. The molecule has 0 saturated carbocycles. The molecule has 0 radical (unpaired) electrons. The van der Waals surface area contributed by atoms with Crippen molar-refractivity contribution in [1.82, 2.24) is 4.90 Å². The minimum absolute atomic E-state index is 0.713. The summed E-state index contributed by atoms with van der Waals surface area (Å²) in [4.78, 5) is 2.29. The van der Waals surface area contributed by atoms with Crippen LogP contribution in [0.4, 0.5) is 0 Å². The van der Waals surface area contributed by atoms with Crippen LogP contribution in [0.15, 0.2) is 0 Å². The van der Waals surface area contributed by atoms with E-state index in [1.165, 1.54) is 6.42 Å². The molecular formula is C9H21NO3Si. The lowest BCUT2D eigenvalue weighted by atomic mass is 10.3. The number of hydrogen-bond acceptors (Lipinski definition) is 4. The van der Waals surface area contributed by atoms with Gasteiger partial charge < -0.3 is 18.2 Å². The van der Waals surface area contributed by atoms with Crippen LogP contribution in [0, 0.1) is 0 Å². The molecule has 4 nitrogen and oxygen atoms in total. The van der Waals surface area contributed by atoms with Gasteiger partial charge in [0.25, 0.3) is 0 Å². The van der Waals surface area contributed by atoms with Crippen LogP contribution in [0.1, 0.15) is 12.8 Å². The monoisotopic (exact) mass is 219 g/mol. The van der Waals surface area contributed by atoms with Crippen molar-refractivity contribution in [1.29, 1.82) is 0 Å². The highest BCUT2D eigenvalue weighted by atomic mass is 28.4. The van der Waals surface area contributed by atoms with Gasteiger partial charge in [-0.05, 0) is 26.4 Å². The minimum Gasteiger partial charge on any atom is -0.377 e. The van der Waals surface area contributed by atoms with E-state index in [1.54, 1.807) is 14.2 Å². The molecule has 84 valence electrons. The van der Waals surface area contributed by atoms with Crippen LogP contribution in [-0.4, -0.2) is 54.7 Å². The summed E-state index contributed by atoms with van der Waals surface area (Å²) in [7, 11) is 3.20. The van der Waals surface area contributed by atoms with E-state index in [0.717, 1.165) is 25.6 Å². The summed E-state index contributed by atoms with van der Waals surface area (Å²) < 4.78 is 16.6. The van der Waals surface area contributed by atoms with E-state index in [-0.39, 0.29) is 0 Å². The molecule has 1 saturated heterocycles. The third kappa shape index (κ3) is 3.32. The van der Waals surface area contributed by atoms with E-state index < -0.39 is 8.80 Å². The molecule has 0 aromatic heterocycles. The van der Waals surface area contributed by atoms with Gasteiger partial charge in [-0.3, -0.25) is 0 Å². The van der Waals surface area contributed by atoms with Crippen LogP contribution in [0.2, 0.25) is 6.04 Å². The Morgan fingerprint density at radius 2 is 1.86 bits per heavy atom. The largest absolute Gasteiger partial charge is 0.500 e. The fraction of sp³-hybridized carbons (Fsp3) is 1.00. The summed E-state index contributed by atoms with van der Waals surface area (Å²) >= 11 is 0. The average molecular weight is 219 g/mol. The molecule has 0 aliphatic carbocycles. The van der Waals surface area contributed by atoms with Crippen LogP contribution in [-0.2, 0) is 13.3 Å². The summed E-state index contributed by atoms with van der Waals surface area (Å²) in [6.45, 7) is 2.81. The molecule has 0 unspecified atom stereocenters. The Morgan fingerprint density at radius 1 is 1.14 bits per heavy atom. The molecule has 0 aromatic carbocycles. The second-order valence-corrected chi connectivity index (χ2v) is 6.67. The zero-order chi connectivity index (χ0) is 10.4. The summed E-state index contributed by atoms with van der Waals surface area (Å²) in [5.41, 5.74) is 0. The van der Waals surface area contributed by atoms with Gasteiger partial charge in [0.1, 0.15) is 0 Å². The Bertz CT molecular complexity index is 164. The van der Waals surface area contributed by atoms with Gasteiger partial charge in [-0.2, -0.15) is 0 Å². The molecule has 0 N–H and O–H groups in total. The second-order valence-electron chi connectivity index (χ2n) is 3.70. The highest BCUT2D eigenvalue weighted by Crippen LogP contribution is 2.18. The third-order valence-electron chi connectivity index (χ3n) is 2.69. The molecule has 0 bridgehead atoms. The Kier molecular flexibility index (Phi) is 5.04. The molecule has 14 heavy (non-hydrogen) atoms. The van der Waals surface area contributed by atoms with Crippen molar-refractivity contribution in [2.24, 2.45) is 0 Å². The maximum absolute atomic E-state index is 5.77. The zero-order valence-electron chi connectivity index (χ0n) is 9.41. The first kappa shape index (κ1) is 12.1. The molecule has 1 heterocycles. The Hall–Kier alpha value is 0.0569. The van der Waals surface area contributed by atoms with Crippen molar-refractivity contribution in [3.63, 3.8) is 0 Å². The normalized spacial score (nSPS) is 25.1. The van der Waals surface area contributed by atoms with Crippen molar-refractivity contribution in [2.75, 3.05) is 41.0 Å². The highest BCUT2D eigenvalue weighted by molar-refractivity contribution is 6.60. The van der Waals surface area contributed by atoms with E-state index in [0.29, 0.717) is 6.61 Å². The SMILES string of the molecule is CO[Si]1(OC)CCCCN(C)CCO1. The van der Waals surface area contributed by atoms with Crippen LogP contribution in [0.25, 0.3) is 0 Å². The molecule has 1 fully saturated rings. The topological polar surface area (TPSA) is 30.9 Å². The average Bonchev–Trinajstić information content (AvgIpc) is 2.29. The van der Waals surface area contributed by atoms with Gasteiger partial charge in [0, 0.05) is 26.8 Å². The van der Waals surface area contributed by atoms with Crippen molar-refractivity contribution in [2.45, 2.75) is 18.9 Å². The van der Waals surface area contributed by atoms with Gasteiger partial charge in [-0.15, -0.1) is 0 Å². The maximum atomic E-state index is 5.77. The standard InChI is InChI=1S/C9H21NO3Si/c1-10-6-4-5-9-14(11-2,12-3)13-8-7-10/h4-9H2,1-3H3. The first-order valence-electron chi connectivity index (χ1n) is 5.15. The van der Waals surface area contributed by atoms with Crippen molar-refractivity contribution in [3.8, 4) is 0 Å². The molecule has 1 aliphatic rings. The Labute approximate surface area is 87.5 Å². The maximum Gasteiger partial charge on any atom is 0.500 e. The summed E-state index contributed by atoms with van der Waals surface area (Å²) in [6.07, 6.45) is 2.32.